The van der Waals surface area contributed by atoms with Gasteiger partial charge in [-0.2, -0.15) is 0 Å². The molecule has 0 aliphatic carbocycles. The average molecular weight is 295 g/mol. The van der Waals surface area contributed by atoms with E-state index in [-0.39, 0.29) is 18.6 Å². The lowest BCUT2D eigenvalue weighted by Gasteiger charge is -2.11. The number of hydrogen-bond donors (Lipinski definition) is 1. The lowest BCUT2D eigenvalue weighted by atomic mass is 10.2. The normalized spacial score (nSPS) is 10.1. The third-order valence-electron chi connectivity index (χ3n) is 2.48. The number of benzene rings is 1. The van der Waals surface area contributed by atoms with Crippen LogP contribution >= 0.6 is 0 Å². The molecule has 0 aliphatic heterocycles. The summed E-state index contributed by atoms with van der Waals surface area (Å²) in [5.41, 5.74) is 0.299. The Morgan fingerprint density at radius 2 is 1.95 bits per heavy atom. The third kappa shape index (κ3) is 5.33. The SMILES string of the molecule is CCOc1ccc(C(=O)OCC(=O)NC(C)C)cc1OC. The minimum Gasteiger partial charge on any atom is -0.493 e. The summed E-state index contributed by atoms with van der Waals surface area (Å²) < 4.78 is 15.5. The predicted octanol–water partition coefficient (Wildman–Crippen LogP) is 1.78. The molecule has 1 aromatic rings. The van der Waals surface area contributed by atoms with Crippen LogP contribution in [0, 0.1) is 0 Å². The molecule has 0 aromatic heterocycles. The van der Waals surface area contributed by atoms with E-state index < -0.39 is 5.97 Å². The van der Waals surface area contributed by atoms with Crippen molar-refractivity contribution >= 4 is 11.9 Å². The molecule has 21 heavy (non-hydrogen) atoms. The minimum atomic E-state index is -0.588. The Morgan fingerprint density at radius 1 is 1.24 bits per heavy atom. The van der Waals surface area contributed by atoms with Crippen molar-refractivity contribution in [1.82, 2.24) is 5.32 Å². The van der Waals surface area contributed by atoms with E-state index in [1.165, 1.54) is 13.2 Å². The van der Waals surface area contributed by atoms with Gasteiger partial charge in [-0.25, -0.2) is 4.79 Å². The van der Waals surface area contributed by atoms with Gasteiger partial charge in [-0.1, -0.05) is 0 Å². The van der Waals surface area contributed by atoms with E-state index in [0.717, 1.165) is 0 Å². The quantitative estimate of drug-likeness (QED) is 0.776. The highest BCUT2D eigenvalue weighted by Gasteiger charge is 2.14. The van der Waals surface area contributed by atoms with Gasteiger partial charge in [0.2, 0.25) is 0 Å². The Bertz CT molecular complexity index is 499. The van der Waals surface area contributed by atoms with Gasteiger partial charge in [0.15, 0.2) is 18.1 Å². The van der Waals surface area contributed by atoms with E-state index in [0.29, 0.717) is 23.7 Å². The Labute approximate surface area is 124 Å². The number of hydrogen-bond acceptors (Lipinski definition) is 5. The highest BCUT2D eigenvalue weighted by molar-refractivity contribution is 5.92. The Kier molecular flexibility index (Phi) is 6.52. The first-order valence-electron chi connectivity index (χ1n) is 6.75. The van der Waals surface area contributed by atoms with Crippen LogP contribution in [-0.2, 0) is 9.53 Å². The molecule has 0 unspecified atom stereocenters. The number of carbonyl (C=O) groups excluding carboxylic acids is 2. The highest BCUT2D eigenvalue weighted by Crippen LogP contribution is 2.28. The molecule has 1 aromatic carbocycles. The van der Waals surface area contributed by atoms with Crippen molar-refractivity contribution < 1.29 is 23.8 Å². The molecular weight excluding hydrogens is 274 g/mol. The summed E-state index contributed by atoms with van der Waals surface area (Å²) in [6.45, 7) is 5.70. The van der Waals surface area contributed by atoms with Crippen molar-refractivity contribution in [2.75, 3.05) is 20.3 Å². The molecule has 6 heteroatoms. The smallest absolute Gasteiger partial charge is 0.338 e. The first-order valence-corrected chi connectivity index (χ1v) is 6.75. The molecule has 1 rings (SSSR count). The van der Waals surface area contributed by atoms with Gasteiger partial charge in [0.25, 0.3) is 5.91 Å². The van der Waals surface area contributed by atoms with Crippen molar-refractivity contribution in [2.45, 2.75) is 26.8 Å². The van der Waals surface area contributed by atoms with Gasteiger partial charge in [-0.15, -0.1) is 0 Å². The van der Waals surface area contributed by atoms with Crippen molar-refractivity contribution in [3.63, 3.8) is 0 Å². The van der Waals surface area contributed by atoms with E-state index in [9.17, 15) is 9.59 Å². The van der Waals surface area contributed by atoms with Crippen LogP contribution < -0.4 is 14.8 Å². The highest BCUT2D eigenvalue weighted by atomic mass is 16.5. The van der Waals surface area contributed by atoms with Gasteiger partial charge >= 0.3 is 5.97 Å². The van der Waals surface area contributed by atoms with Crippen LogP contribution in [0.2, 0.25) is 0 Å². The molecule has 0 bridgehead atoms. The van der Waals surface area contributed by atoms with Gasteiger partial charge in [-0.05, 0) is 39.0 Å². The van der Waals surface area contributed by atoms with Gasteiger partial charge in [-0.3, -0.25) is 4.79 Å². The van der Waals surface area contributed by atoms with Gasteiger partial charge in [0, 0.05) is 6.04 Å². The Morgan fingerprint density at radius 3 is 2.52 bits per heavy atom. The summed E-state index contributed by atoms with van der Waals surface area (Å²) in [5.74, 6) is 0.0681. The second-order valence-corrected chi connectivity index (χ2v) is 4.60. The van der Waals surface area contributed by atoms with Crippen LogP contribution in [0.4, 0.5) is 0 Å². The van der Waals surface area contributed by atoms with Gasteiger partial charge < -0.3 is 19.5 Å². The molecule has 0 atom stereocenters. The average Bonchev–Trinajstić information content (AvgIpc) is 2.44. The summed E-state index contributed by atoms with van der Waals surface area (Å²) in [7, 11) is 1.49. The molecule has 1 N–H and O–H groups in total. The maximum Gasteiger partial charge on any atom is 0.338 e. The van der Waals surface area contributed by atoms with Gasteiger partial charge in [0.05, 0.1) is 19.3 Å². The zero-order chi connectivity index (χ0) is 15.8. The molecule has 0 fully saturated rings. The van der Waals surface area contributed by atoms with E-state index in [1.807, 2.05) is 20.8 Å². The topological polar surface area (TPSA) is 73.9 Å². The van der Waals surface area contributed by atoms with Crippen LogP contribution in [0.3, 0.4) is 0 Å². The number of esters is 1. The maximum atomic E-state index is 11.9. The number of rotatable bonds is 7. The number of nitrogens with one attached hydrogen (secondary N) is 1. The Balaban J connectivity index is 2.68. The number of carbonyl (C=O) groups is 2. The van der Waals surface area contributed by atoms with Crippen LogP contribution in [0.25, 0.3) is 0 Å². The summed E-state index contributed by atoms with van der Waals surface area (Å²) in [5, 5.41) is 2.64. The van der Waals surface area contributed by atoms with Crippen molar-refractivity contribution in [2.24, 2.45) is 0 Å². The van der Waals surface area contributed by atoms with Crippen LogP contribution in [0.1, 0.15) is 31.1 Å². The largest absolute Gasteiger partial charge is 0.493 e. The fourth-order valence-corrected chi connectivity index (χ4v) is 1.65. The molecule has 1 amide bonds. The minimum absolute atomic E-state index is 0.00164. The molecule has 0 saturated heterocycles. The molecule has 116 valence electrons. The van der Waals surface area contributed by atoms with Crippen LogP contribution in [0.5, 0.6) is 11.5 Å². The fraction of sp³-hybridized carbons (Fsp3) is 0.467. The summed E-state index contributed by atoms with van der Waals surface area (Å²) in [4.78, 5) is 23.3. The second-order valence-electron chi connectivity index (χ2n) is 4.60. The first kappa shape index (κ1) is 16.8. The zero-order valence-electron chi connectivity index (χ0n) is 12.8. The Hall–Kier alpha value is -2.24. The van der Waals surface area contributed by atoms with Gasteiger partial charge in [0.1, 0.15) is 0 Å². The monoisotopic (exact) mass is 295 g/mol. The molecule has 0 saturated carbocycles. The first-order chi connectivity index (χ1) is 9.97. The molecule has 0 radical (unpaired) electrons. The lowest BCUT2D eigenvalue weighted by molar-refractivity contribution is -0.124. The van der Waals surface area contributed by atoms with E-state index in [2.05, 4.69) is 5.32 Å². The van der Waals surface area contributed by atoms with E-state index in [1.54, 1.807) is 12.1 Å². The predicted molar refractivity (Wildman–Crippen MR) is 77.7 cm³/mol. The second kappa shape index (κ2) is 8.14. The van der Waals surface area contributed by atoms with Crippen molar-refractivity contribution in [3.05, 3.63) is 23.8 Å². The number of methoxy groups -OCH3 is 1. The molecule has 0 aliphatic rings. The summed E-state index contributed by atoms with van der Waals surface area (Å²) in [6.07, 6.45) is 0. The molecule has 6 nitrogen and oxygen atoms in total. The fourth-order valence-electron chi connectivity index (χ4n) is 1.65. The number of ether oxygens (including phenoxy) is 3. The third-order valence-corrected chi connectivity index (χ3v) is 2.48. The van der Waals surface area contributed by atoms with Crippen LogP contribution in [0.15, 0.2) is 18.2 Å². The molecule has 0 spiro atoms. The van der Waals surface area contributed by atoms with Crippen molar-refractivity contribution in [1.29, 1.82) is 0 Å². The maximum absolute atomic E-state index is 11.9. The van der Waals surface area contributed by atoms with E-state index >= 15 is 0 Å². The zero-order valence-corrected chi connectivity index (χ0v) is 12.8. The van der Waals surface area contributed by atoms with Crippen LogP contribution in [-0.4, -0.2) is 38.2 Å². The molecular formula is C15H21NO5. The number of amides is 1. The van der Waals surface area contributed by atoms with Crippen molar-refractivity contribution in [3.8, 4) is 11.5 Å². The summed E-state index contributed by atoms with van der Waals surface area (Å²) >= 11 is 0. The molecule has 0 heterocycles. The lowest BCUT2D eigenvalue weighted by Crippen LogP contribution is -2.33. The van der Waals surface area contributed by atoms with E-state index in [4.69, 9.17) is 14.2 Å². The summed E-state index contributed by atoms with van der Waals surface area (Å²) in [6, 6.07) is 4.72. The standard InChI is InChI=1S/C15H21NO5/c1-5-20-12-7-6-11(8-13(12)19-4)15(18)21-9-14(17)16-10(2)3/h6-8,10H,5,9H2,1-4H3,(H,16,17).